The first kappa shape index (κ1) is 31.3. The van der Waals surface area contributed by atoms with Crippen LogP contribution in [0.1, 0.15) is 82.9 Å². The first-order chi connectivity index (χ1) is 20.2. The van der Waals surface area contributed by atoms with Gasteiger partial charge in [0.25, 0.3) is 5.91 Å². The monoisotopic (exact) mass is 696 g/mol. The number of aryl methyl sites for hydroxylation is 2. The zero-order chi connectivity index (χ0) is 31.3. The maximum atomic E-state index is 13.7. The van der Waals surface area contributed by atoms with Crippen LogP contribution in [0.3, 0.4) is 0 Å². The third-order valence-corrected chi connectivity index (χ3v) is 9.20. The number of allylic oxidation sites excluding steroid dienone is 4. The number of amides is 1. The molecule has 0 saturated heterocycles. The lowest BCUT2D eigenvalue weighted by atomic mass is 9.64. The molecule has 0 bridgehead atoms. The van der Waals surface area contributed by atoms with Crippen LogP contribution in [0, 0.1) is 28.2 Å². The number of dihydropyridines is 1. The smallest absolute Gasteiger partial charge is 0.262 e. The van der Waals surface area contributed by atoms with E-state index >= 15 is 0 Å². The molecule has 0 radical (unpaired) electrons. The second-order valence-electron chi connectivity index (χ2n) is 13.6. The average molecular weight is 697 g/mol. The number of Topliss-reactive ketones (excluding diaryl/α,β-unsaturated/α-hetero) is 2. The van der Waals surface area contributed by atoms with Gasteiger partial charge >= 0.3 is 0 Å². The second kappa shape index (κ2) is 11.7. The molecule has 3 aliphatic rings. The molecule has 2 aromatic carbocycles. The van der Waals surface area contributed by atoms with Gasteiger partial charge in [0.1, 0.15) is 0 Å². The number of carbonyl (C=O) groups excluding carboxylic acids is 3. The third-order valence-electron chi connectivity index (χ3n) is 8.40. The fourth-order valence-corrected chi connectivity index (χ4v) is 7.36. The summed E-state index contributed by atoms with van der Waals surface area (Å²) in [5.74, 6) is 0.345. The van der Waals surface area contributed by atoms with Crippen molar-refractivity contribution in [2.45, 2.75) is 80.1 Å². The molecule has 1 heterocycles. The van der Waals surface area contributed by atoms with Gasteiger partial charge in [0, 0.05) is 47.0 Å². The Bertz CT molecular complexity index is 1530. The number of ketones is 2. The molecule has 0 spiro atoms. The minimum Gasteiger partial charge on any atom is -0.490 e. The summed E-state index contributed by atoms with van der Waals surface area (Å²) in [4.78, 5) is 40.3. The Balaban J connectivity index is 1.52. The average Bonchev–Trinajstić information content (AvgIpc) is 2.87. The SMILES string of the molecule is CCOc1cc(C2C3=C(CC(C)(C)CC3=O)NC3=C2C(=O)CC(C)(C)C3)cc(I)c1OCC(=O)Nc1cc(C)ccc1C. The Kier molecular flexibility index (Phi) is 8.55. The van der Waals surface area contributed by atoms with E-state index in [4.69, 9.17) is 9.47 Å². The van der Waals surface area contributed by atoms with Gasteiger partial charge in [-0.05, 0) is 102 Å². The molecule has 43 heavy (non-hydrogen) atoms. The zero-order valence-electron chi connectivity index (χ0n) is 26.1. The number of hydrogen-bond acceptors (Lipinski definition) is 6. The van der Waals surface area contributed by atoms with Crippen molar-refractivity contribution in [1.29, 1.82) is 0 Å². The molecule has 2 N–H and O–H groups in total. The fraction of sp³-hybridized carbons (Fsp3) is 0.457. The van der Waals surface area contributed by atoms with Gasteiger partial charge in [0.2, 0.25) is 0 Å². The summed E-state index contributed by atoms with van der Waals surface area (Å²) in [7, 11) is 0. The van der Waals surface area contributed by atoms with E-state index in [9.17, 15) is 14.4 Å². The van der Waals surface area contributed by atoms with Gasteiger partial charge in [0.05, 0.1) is 10.2 Å². The van der Waals surface area contributed by atoms with Crippen molar-refractivity contribution < 1.29 is 23.9 Å². The van der Waals surface area contributed by atoms with Crippen molar-refractivity contribution in [3.63, 3.8) is 0 Å². The molecule has 228 valence electrons. The molecule has 1 amide bonds. The molecule has 0 atom stereocenters. The maximum absolute atomic E-state index is 13.7. The van der Waals surface area contributed by atoms with Gasteiger partial charge < -0.3 is 20.1 Å². The summed E-state index contributed by atoms with van der Waals surface area (Å²) in [6.07, 6.45) is 2.33. The number of nitrogens with one attached hydrogen (secondary N) is 2. The van der Waals surface area contributed by atoms with E-state index in [0.29, 0.717) is 42.1 Å². The van der Waals surface area contributed by atoms with E-state index < -0.39 is 5.92 Å². The highest BCUT2D eigenvalue weighted by Gasteiger charge is 2.46. The number of rotatable bonds is 7. The van der Waals surface area contributed by atoms with E-state index in [1.54, 1.807) is 0 Å². The Morgan fingerprint density at radius 1 is 0.930 bits per heavy atom. The highest BCUT2D eigenvalue weighted by atomic mass is 127. The standard InChI is InChI=1S/C35H41IN2O5/c1-8-42-28-13-21(12-22(36)33(28)43-18-29(41)38-23-11-19(2)9-10-20(23)3)30-31-24(14-34(4,5)16-26(31)39)37-25-15-35(6,7)17-27(40)32(25)30/h9-13,30,37H,8,14-18H2,1-7H3,(H,38,41). The molecular formula is C35H41IN2O5. The van der Waals surface area contributed by atoms with Crippen LogP contribution >= 0.6 is 22.6 Å². The summed E-state index contributed by atoms with van der Waals surface area (Å²) < 4.78 is 12.9. The normalized spacial score (nSPS) is 19.4. The molecular weight excluding hydrogens is 655 g/mol. The fourth-order valence-electron chi connectivity index (χ4n) is 6.57. The lowest BCUT2D eigenvalue weighted by Gasteiger charge is -2.44. The quantitative estimate of drug-likeness (QED) is 0.296. The highest BCUT2D eigenvalue weighted by molar-refractivity contribution is 14.1. The lowest BCUT2D eigenvalue weighted by molar-refractivity contribution is -0.119. The molecule has 5 rings (SSSR count). The summed E-state index contributed by atoms with van der Waals surface area (Å²) in [5.41, 5.74) is 6.49. The molecule has 0 saturated carbocycles. The second-order valence-corrected chi connectivity index (χ2v) is 14.8. The van der Waals surface area contributed by atoms with Crippen LogP contribution in [-0.4, -0.2) is 30.7 Å². The Labute approximate surface area is 268 Å². The van der Waals surface area contributed by atoms with Gasteiger partial charge in [0.15, 0.2) is 29.7 Å². The number of ether oxygens (including phenoxy) is 2. The van der Waals surface area contributed by atoms with Crippen molar-refractivity contribution in [2.24, 2.45) is 10.8 Å². The Morgan fingerprint density at radius 2 is 1.53 bits per heavy atom. The van der Waals surface area contributed by atoms with Crippen molar-refractivity contribution in [3.8, 4) is 11.5 Å². The summed E-state index contributed by atoms with van der Waals surface area (Å²) >= 11 is 2.19. The molecule has 8 heteroatoms. The van der Waals surface area contributed by atoms with E-state index in [0.717, 1.165) is 50.2 Å². The number of halogens is 1. The van der Waals surface area contributed by atoms with E-state index in [1.807, 2.05) is 51.1 Å². The largest absolute Gasteiger partial charge is 0.490 e. The van der Waals surface area contributed by atoms with Crippen LogP contribution in [0.15, 0.2) is 52.9 Å². The molecule has 0 aromatic heterocycles. The molecule has 1 aliphatic heterocycles. The number of benzene rings is 2. The van der Waals surface area contributed by atoms with Crippen molar-refractivity contribution in [1.82, 2.24) is 5.32 Å². The molecule has 7 nitrogen and oxygen atoms in total. The first-order valence-corrected chi connectivity index (χ1v) is 16.0. The Hall–Kier alpha value is -3.14. The van der Waals surface area contributed by atoms with Crippen LogP contribution in [0.5, 0.6) is 11.5 Å². The summed E-state index contributed by atoms with van der Waals surface area (Å²) in [6.45, 7) is 14.5. The van der Waals surface area contributed by atoms with Crippen LogP contribution < -0.4 is 20.1 Å². The predicted molar refractivity (Wildman–Crippen MR) is 176 cm³/mol. The third kappa shape index (κ3) is 6.54. The lowest BCUT2D eigenvalue weighted by Crippen LogP contribution is -2.42. The molecule has 0 unspecified atom stereocenters. The highest BCUT2D eigenvalue weighted by Crippen LogP contribution is 2.52. The van der Waals surface area contributed by atoms with E-state index in [2.05, 4.69) is 60.9 Å². The van der Waals surface area contributed by atoms with Crippen molar-refractivity contribution >= 4 is 45.8 Å². The number of hydrogen-bond donors (Lipinski definition) is 2. The minimum atomic E-state index is -0.479. The Morgan fingerprint density at radius 3 is 2.12 bits per heavy atom. The maximum Gasteiger partial charge on any atom is 0.262 e. The summed E-state index contributed by atoms with van der Waals surface area (Å²) in [6, 6.07) is 9.76. The van der Waals surface area contributed by atoms with E-state index in [1.165, 1.54) is 0 Å². The molecule has 2 aliphatic carbocycles. The minimum absolute atomic E-state index is 0.0735. The van der Waals surface area contributed by atoms with Gasteiger partial charge in [-0.1, -0.05) is 39.8 Å². The summed E-state index contributed by atoms with van der Waals surface area (Å²) in [5, 5.41) is 6.51. The van der Waals surface area contributed by atoms with Crippen LogP contribution in [0.2, 0.25) is 0 Å². The van der Waals surface area contributed by atoms with Gasteiger partial charge in [-0.15, -0.1) is 0 Å². The van der Waals surface area contributed by atoms with Crippen LogP contribution in [-0.2, 0) is 14.4 Å². The van der Waals surface area contributed by atoms with Crippen molar-refractivity contribution in [2.75, 3.05) is 18.5 Å². The predicted octanol–water partition coefficient (Wildman–Crippen LogP) is 7.30. The zero-order valence-corrected chi connectivity index (χ0v) is 28.3. The van der Waals surface area contributed by atoms with Crippen LogP contribution in [0.25, 0.3) is 0 Å². The number of anilines is 1. The van der Waals surface area contributed by atoms with Gasteiger partial charge in [-0.25, -0.2) is 0 Å². The van der Waals surface area contributed by atoms with Gasteiger partial charge in [-0.3, -0.25) is 14.4 Å². The molecule has 2 aromatic rings. The van der Waals surface area contributed by atoms with Crippen molar-refractivity contribution in [3.05, 3.63) is 73.1 Å². The van der Waals surface area contributed by atoms with Gasteiger partial charge in [-0.2, -0.15) is 0 Å². The van der Waals surface area contributed by atoms with E-state index in [-0.39, 0.29) is 34.9 Å². The van der Waals surface area contributed by atoms with Crippen LogP contribution in [0.4, 0.5) is 5.69 Å². The number of carbonyl (C=O) groups is 3. The molecule has 0 fully saturated rings. The topological polar surface area (TPSA) is 93.7 Å². The first-order valence-electron chi connectivity index (χ1n) is 14.9.